The first-order valence-corrected chi connectivity index (χ1v) is 9.58. The van der Waals surface area contributed by atoms with Crippen molar-refractivity contribution < 1.29 is 17.9 Å². The number of benzene rings is 1. The first kappa shape index (κ1) is 18.7. The van der Waals surface area contributed by atoms with Crippen molar-refractivity contribution in [3.05, 3.63) is 23.8 Å². The minimum atomic E-state index is -3.43. The Kier molecular flexibility index (Phi) is 5.55. The van der Waals surface area contributed by atoms with Crippen molar-refractivity contribution in [3.63, 3.8) is 0 Å². The Morgan fingerprint density at radius 1 is 1.25 bits per heavy atom. The number of amides is 1. The molecule has 0 aromatic heterocycles. The maximum Gasteiger partial charge on any atom is 0.258 e. The molecule has 2 rings (SSSR count). The Hall–Kier alpha value is -1.60. The Labute approximate surface area is 144 Å². The van der Waals surface area contributed by atoms with E-state index in [4.69, 9.17) is 4.74 Å². The molecule has 1 aromatic carbocycles. The fourth-order valence-electron chi connectivity index (χ4n) is 2.62. The van der Waals surface area contributed by atoms with Crippen molar-refractivity contribution in [2.75, 3.05) is 19.7 Å². The molecule has 0 spiro atoms. The van der Waals surface area contributed by atoms with Crippen LogP contribution < -0.4 is 10.1 Å². The van der Waals surface area contributed by atoms with Gasteiger partial charge in [-0.3, -0.25) is 4.79 Å². The summed E-state index contributed by atoms with van der Waals surface area (Å²) in [6, 6.07) is 4.75. The van der Waals surface area contributed by atoms with Gasteiger partial charge in [-0.1, -0.05) is 0 Å². The second-order valence-electron chi connectivity index (χ2n) is 7.13. The van der Waals surface area contributed by atoms with Crippen LogP contribution >= 0.6 is 0 Å². The Balaban J connectivity index is 2.06. The van der Waals surface area contributed by atoms with E-state index < -0.39 is 10.0 Å². The summed E-state index contributed by atoms with van der Waals surface area (Å²) in [5.41, 5.74) is 0.377. The highest BCUT2D eigenvalue weighted by molar-refractivity contribution is 7.89. The fourth-order valence-corrected chi connectivity index (χ4v) is 4.22. The van der Waals surface area contributed by atoms with Gasteiger partial charge >= 0.3 is 0 Å². The molecule has 24 heavy (non-hydrogen) atoms. The lowest BCUT2D eigenvalue weighted by Crippen LogP contribution is -2.43. The number of ether oxygens (including phenoxy) is 1. The number of hydrogen-bond donors (Lipinski definition) is 1. The Bertz CT molecular complexity index is 702. The first-order chi connectivity index (χ1) is 11.1. The molecule has 1 fully saturated rings. The van der Waals surface area contributed by atoms with E-state index in [-0.39, 0.29) is 22.9 Å². The normalized spacial score (nSPS) is 16.2. The zero-order valence-corrected chi connectivity index (χ0v) is 15.6. The molecule has 1 aromatic rings. The summed E-state index contributed by atoms with van der Waals surface area (Å²) in [6.45, 7) is 8.52. The number of nitrogens with zero attached hydrogens (tertiary/aromatic N) is 1. The third kappa shape index (κ3) is 4.70. The van der Waals surface area contributed by atoms with E-state index in [1.54, 1.807) is 19.1 Å². The number of nitrogens with one attached hydrogen (secondary N) is 1. The van der Waals surface area contributed by atoms with Crippen LogP contribution in [0.2, 0.25) is 0 Å². The molecule has 0 bridgehead atoms. The first-order valence-electron chi connectivity index (χ1n) is 8.14. The number of rotatable bonds is 5. The van der Waals surface area contributed by atoms with E-state index in [1.807, 2.05) is 20.8 Å². The summed E-state index contributed by atoms with van der Waals surface area (Å²) < 4.78 is 32.1. The van der Waals surface area contributed by atoms with Crippen LogP contribution in [-0.4, -0.2) is 43.9 Å². The lowest BCUT2D eigenvalue weighted by Gasteiger charge is -2.21. The summed E-state index contributed by atoms with van der Waals surface area (Å²) in [7, 11) is -3.43. The summed E-state index contributed by atoms with van der Waals surface area (Å²) in [4.78, 5) is 12.1. The molecule has 1 aliphatic heterocycles. The van der Waals surface area contributed by atoms with Gasteiger partial charge in [-0.25, -0.2) is 8.42 Å². The number of carbonyl (C=O) groups excluding carboxylic acids is 1. The number of aryl methyl sites for hydroxylation is 1. The topological polar surface area (TPSA) is 75.7 Å². The van der Waals surface area contributed by atoms with Crippen LogP contribution in [0.25, 0.3) is 0 Å². The largest absolute Gasteiger partial charge is 0.484 e. The van der Waals surface area contributed by atoms with Crippen molar-refractivity contribution >= 4 is 15.9 Å². The molecule has 0 saturated carbocycles. The standard InChI is InChI=1S/C17H26N2O4S/c1-13-11-14(24(21,22)19-9-5-6-10-19)7-8-15(13)23-12-16(20)18-17(2,3)4/h7-8,11H,5-6,9-10,12H2,1-4H3,(H,18,20). The SMILES string of the molecule is Cc1cc(S(=O)(=O)N2CCCC2)ccc1OCC(=O)NC(C)(C)C. The summed E-state index contributed by atoms with van der Waals surface area (Å²) in [5, 5.41) is 2.82. The average Bonchev–Trinajstić information content (AvgIpc) is 2.98. The fraction of sp³-hybridized carbons (Fsp3) is 0.588. The number of hydrogen-bond acceptors (Lipinski definition) is 4. The maximum atomic E-state index is 12.5. The summed E-state index contributed by atoms with van der Waals surface area (Å²) in [5.74, 6) is 0.301. The molecule has 1 saturated heterocycles. The average molecular weight is 354 g/mol. The van der Waals surface area contributed by atoms with Gasteiger partial charge < -0.3 is 10.1 Å². The third-order valence-corrected chi connectivity index (χ3v) is 5.62. The van der Waals surface area contributed by atoms with E-state index in [0.29, 0.717) is 24.4 Å². The lowest BCUT2D eigenvalue weighted by atomic mass is 10.1. The van der Waals surface area contributed by atoms with Crippen molar-refractivity contribution in [1.82, 2.24) is 9.62 Å². The lowest BCUT2D eigenvalue weighted by molar-refractivity contribution is -0.124. The van der Waals surface area contributed by atoms with Crippen molar-refractivity contribution in [2.24, 2.45) is 0 Å². The van der Waals surface area contributed by atoms with Crippen LogP contribution in [0.5, 0.6) is 5.75 Å². The quantitative estimate of drug-likeness (QED) is 0.878. The van der Waals surface area contributed by atoms with Crippen LogP contribution in [0.4, 0.5) is 0 Å². The maximum absolute atomic E-state index is 12.5. The van der Waals surface area contributed by atoms with Crippen LogP contribution in [-0.2, 0) is 14.8 Å². The molecule has 0 radical (unpaired) electrons. The highest BCUT2D eigenvalue weighted by Crippen LogP contribution is 2.26. The second kappa shape index (κ2) is 7.11. The third-order valence-electron chi connectivity index (χ3n) is 3.72. The monoisotopic (exact) mass is 354 g/mol. The number of sulfonamides is 1. The van der Waals surface area contributed by atoms with E-state index in [9.17, 15) is 13.2 Å². The molecular formula is C17H26N2O4S. The molecule has 6 nitrogen and oxygen atoms in total. The van der Waals surface area contributed by atoms with Gasteiger partial charge in [0, 0.05) is 18.6 Å². The molecule has 7 heteroatoms. The molecule has 1 aliphatic rings. The molecule has 0 atom stereocenters. The predicted octanol–water partition coefficient (Wildman–Crippen LogP) is 2.07. The van der Waals surface area contributed by atoms with E-state index >= 15 is 0 Å². The molecule has 0 aliphatic carbocycles. The van der Waals surface area contributed by atoms with Crippen molar-refractivity contribution in [1.29, 1.82) is 0 Å². The molecular weight excluding hydrogens is 328 g/mol. The highest BCUT2D eigenvalue weighted by atomic mass is 32.2. The second-order valence-corrected chi connectivity index (χ2v) is 9.06. The highest BCUT2D eigenvalue weighted by Gasteiger charge is 2.27. The molecule has 1 amide bonds. The van der Waals surface area contributed by atoms with Crippen LogP contribution in [0.1, 0.15) is 39.2 Å². The summed E-state index contributed by atoms with van der Waals surface area (Å²) >= 11 is 0. The van der Waals surface area contributed by atoms with Gasteiger partial charge in [-0.15, -0.1) is 0 Å². The Morgan fingerprint density at radius 3 is 2.42 bits per heavy atom. The number of carbonyl (C=O) groups is 1. The van der Waals surface area contributed by atoms with Crippen LogP contribution in [0.3, 0.4) is 0 Å². The van der Waals surface area contributed by atoms with E-state index in [0.717, 1.165) is 12.8 Å². The molecule has 134 valence electrons. The van der Waals surface area contributed by atoms with Gasteiger partial charge in [0.25, 0.3) is 5.91 Å². The van der Waals surface area contributed by atoms with Crippen molar-refractivity contribution in [3.8, 4) is 5.75 Å². The zero-order chi connectivity index (χ0) is 18.0. The van der Waals surface area contributed by atoms with E-state index in [1.165, 1.54) is 10.4 Å². The van der Waals surface area contributed by atoms with Crippen LogP contribution in [0.15, 0.2) is 23.1 Å². The zero-order valence-electron chi connectivity index (χ0n) is 14.8. The van der Waals surface area contributed by atoms with E-state index in [2.05, 4.69) is 5.32 Å². The van der Waals surface area contributed by atoms with Gasteiger partial charge in [0.05, 0.1) is 4.90 Å². The van der Waals surface area contributed by atoms with Crippen molar-refractivity contribution in [2.45, 2.75) is 51.0 Å². The van der Waals surface area contributed by atoms with Gasteiger partial charge in [0.2, 0.25) is 10.0 Å². The minimum absolute atomic E-state index is 0.101. The van der Waals surface area contributed by atoms with Gasteiger partial charge in [0.1, 0.15) is 5.75 Å². The van der Waals surface area contributed by atoms with Crippen LogP contribution in [0, 0.1) is 6.92 Å². The Morgan fingerprint density at radius 2 is 1.88 bits per heavy atom. The molecule has 1 N–H and O–H groups in total. The van der Waals surface area contributed by atoms with Gasteiger partial charge in [0.15, 0.2) is 6.61 Å². The predicted molar refractivity (Wildman–Crippen MR) is 92.6 cm³/mol. The molecule has 0 unspecified atom stereocenters. The van der Waals surface area contributed by atoms with Gasteiger partial charge in [-0.05, 0) is 64.3 Å². The summed E-state index contributed by atoms with van der Waals surface area (Å²) in [6.07, 6.45) is 1.81. The minimum Gasteiger partial charge on any atom is -0.484 e. The van der Waals surface area contributed by atoms with Gasteiger partial charge in [-0.2, -0.15) is 4.31 Å². The molecule has 1 heterocycles. The smallest absolute Gasteiger partial charge is 0.258 e.